The predicted octanol–water partition coefficient (Wildman–Crippen LogP) is 5.42. The second kappa shape index (κ2) is 7.30. The molecule has 0 heterocycles. The molecule has 0 unspecified atom stereocenters. The number of ether oxygens (including phenoxy) is 1. The molecule has 2 atom stereocenters. The molecule has 0 spiro atoms. The van der Waals surface area contributed by atoms with E-state index >= 15 is 0 Å². The van der Waals surface area contributed by atoms with Crippen molar-refractivity contribution < 1.29 is 9.53 Å². The van der Waals surface area contributed by atoms with E-state index in [1.807, 2.05) is 54.6 Å². The van der Waals surface area contributed by atoms with Crippen LogP contribution in [0.25, 0.3) is 0 Å². The van der Waals surface area contributed by atoms with Crippen LogP contribution in [-0.2, 0) is 0 Å². The van der Waals surface area contributed by atoms with Crippen molar-refractivity contribution in [1.82, 2.24) is 5.32 Å². The Hall–Kier alpha value is -2.29. The fourth-order valence-corrected chi connectivity index (χ4v) is 4.02. The van der Waals surface area contributed by atoms with E-state index in [4.69, 9.17) is 4.74 Å². The Morgan fingerprint density at radius 2 is 1.64 bits per heavy atom. The van der Waals surface area contributed by atoms with Crippen molar-refractivity contribution in [3.63, 3.8) is 0 Å². The topological polar surface area (TPSA) is 38.3 Å². The number of carbonyl (C=O) groups excluding carboxylic acids is 1. The molecule has 1 saturated carbocycles. The van der Waals surface area contributed by atoms with Crippen LogP contribution >= 0.6 is 0 Å². The summed E-state index contributed by atoms with van der Waals surface area (Å²) in [5.74, 6) is 2.17. The maximum atomic E-state index is 12.5. The summed E-state index contributed by atoms with van der Waals surface area (Å²) in [7, 11) is 0. The van der Waals surface area contributed by atoms with Gasteiger partial charge in [0.15, 0.2) is 0 Å². The third kappa shape index (κ3) is 4.85. The molecule has 1 amide bonds. The Morgan fingerprint density at radius 3 is 2.28 bits per heavy atom. The molecule has 0 saturated heterocycles. The van der Waals surface area contributed by atoms with Gasteiger partial charge in [0.1, 0.15) is 11.5 Å². The van der Waals surface area contributed by atoms with Crippen LogP contribution in [0.5, 0.6) is 11.5 Å². The van der Waals surface area contributed by atoms with Gasteiger partial charge in [0.2, 0.25) is 0 Å². The third-order valence-electron chi connectivity index (χ3n) is 4.82. The molecule has 1 fully saturated rings. The number of para-hydroxylation sites is 1. The SMILES string of the molecule is C[C@H]1C[C@H](NC(=O)c2ccc(Oc3ccccc3)cc2)CC(C)(C)C1. The number of carbonyl (C=O) groups is 1. The van der Waals surface area contributed by atoms with Gasteiger partial charge in [-0.1, -0.05) is 39.0 Å². The summed E-state index contributed by atoms with van der Waals surface area (Å²) in [6.07, 6.45) is 3.33. The van der Waals surface area contributed by atoms with Crippen LogP contribution in [0.3, 0.4) is 0 Å². The fraction of sp³-hybridized carbons (Fsp3) is 0.409. The van der Waals surface area contributed by atoms with Crippen molar-refractivity contribution in [3.8, 4) is 11.5 Å². The minimum Gasteiger partial charge on any atom is -0.457 e. The Morgan fingerprint density at radius 1 is 1.00 bits per heavy atom. The van der Waals surface area contributed by atoms with E-state index in [1.165, 1.54) is 6.42 Å². The number of hydrogen-bond donors (Lipinski definition) is 1. The van der Waals surface area contributed by atoms with Gasteiger partial charge < -0.3 is 10.1 Å². The molecule has 0 bridgehead atoms. The summed E-state index contributed by atoms with van der Waals surface area (Å²) in [5.41, 5.74) is 0.972. The minimum absolute atomic E-state index is 0.00108. The Labute approximate surface area is 150 Å². The number of amides is 1. The highest BCUT2D eigenvalue weighted by molar-refractivity contribution is 5.94. The molecule has 1 aliphatic carbocycles. The van der Waals surface area contributed by atoms with Gasteiger partial charge in [-0.25, -0.2) is 0 Å². The van der Waals surface area contributed by atoms with E-state index in [2.05, 4.69) is 26.1 Å². The summed E-state index contributed by atoms with van der Waals surface area (Å²) < 4.78 is 5.77. The second-order valence-corrected chi connectivity index (χ2v) is 8.02. The van der Waals surface area contributed by atoms with Gasteiger partial charge in [-0.15, -0.1) is 0 Å². The molecule has 132 valence electrons. The molecular formula is C22H27NO2. The van der Waals surface area contributed by atoms with Crippen molar-refractivity contribution >= 4 is 5.91 Å². The van der Waals surface area contributed by atoms with Gasteiger partial charge in [-0.05, 0) is 67.0 Å². The van der Waals surface area contributed by atoms with Crippen LogP contribution in [-0.4, -0.2) is 11.9 Å². The Bertz CT molecular complexity index is 707. The van der Waals surface area contributed by atoms with Crippen LogP contribution < -0.4 is 10.1 Å². The van der Waals surface area contributed by atoms with Crippen LogP contribution in [0.4, 0.5) is 0 Å². The highest BCUT2D eigenvalue weighted by Gasteiger charge is 2.32. The first-order chi connectivity index (χ1) is 11.9. The zero-order chi connectivity index (χ0) is 17.9. The molecule has 3 heteroatoms. The van der Waals surface area contributed by atoms with Crippen molar-refractivity contribution in [2.75, 3.05) is 0 Å². The zero-order valence-corrected chi connectivity index (χ0v) is 15.3. The van der Waals surface area contributed by atoms with Gasteiger partial charge in [-0.3, -0.25) is 4.79 Å². The first-order valence-corrected chi connectivity index (χ1v) is 9.05. The summed E-state index contributed by atoms with van der Waals surface area (Å²) in [5, 5.41) is 3.21. The monoisotopic (exact) mass is 337 g/mol. The third-order valence-corrected chi connectivity index (χ3v) is 4.82. The molecule has 1 aliphatic rings. The van der Waals surface area contributed by atoms with Crippen molar-refractivity contribution in [1.29, 1.82) is 0 Å². The molecular weight excluding hydrogens is 310 g/mol. The molecule has 0 aliphatic heterocycles. The highest BCUT2D eigenvalue weighted by Crippen LogP contribution is 2.38. The van der Waals surface area contributed by atoms with Gasteiger partial charge in [0.05, 0.1) is 0 Å². The molecule has 2 aromatic carbocycles. The zero-order valence-electron chi connectivity index (χ0n) is 15.3. The van der Waals surface area contributed by atoms with E-state index in [0.717, 1.165) is 24.3 Å². The van der Waals surface area contributed by atoms with Gasteiger partial charge >= 0.3 is 0 Å². The van der Waals surface area contributed by atoms with E-state index in [1.54, 1.807) is 0 Å². The van der Waals surface area contributed by atoms with Crippen LogP contribution in [0, 0.1) is 11.3 Å². The lowest BCUT2D eigenvalue weighted by Crippen LogP contribution is -2.42. The van der Waals surface area contributed by atoms with E-state index in [0.29, 0.717) is 16.9 Å². The number of rotatable bonds is 4. The average molecular weight is 337 g/mol. The lowest BCUT2D eigenvalue weighted by Gasteiger charge is -2.39. The molecule has 2 aromatic rings. The van der Waals surface area contributed by atoms with E-state index in [9.17, 15) is 4.79 Å². The van der Waals surface area contributed by atoms with E-state index < -0.39 is 0 Å². The highest BCUT2D eigenvalue weighted by atomic mass is 16.5. The molecule has 1 N–H and O–H groups in total. The molecule has 0 aromatic heterocycles. The molecule has 3 rings (SSSR count). The number of benzene rings is 2. The number of nitrogens with one attached hydrogen (secondary N) is 1. The summed E-state index contributed by atoms with van der Waals surface area (Å²) in [6, 6.07) is 17.2. The Balaban J connectivity index is 1.61. The van der Waals surface area contributed by atoms with Crippen molar-refractivity contribution in [3.05, 3.63) is 60.2 Å². The lowest BCUT2D eigenvalue weighted by molar-refractivity contribution is 0.0874. The standard InChI is InChI=1S/C22H27NO2/c1-16-13-18(15-22(2,3)14-16)23-21(24)17-9-11-20(12-10-17)25-19-7-5-4-6-8-19/h4-12,16,18H,13-15H2,1-3H3,(H,23,24)/t16-,18-/m0/s1. The second-order valence-electron chi connectivity index (χ2n) is 8.02. The predicted molar refractivity (Wildman–Crippen MR) is 101 cm³/mol. The normalized spacial score (nSPS) is 22.2. The summed E-state index contributed by atoms with van der Waals surface area (Å²) in [6.45, 7) is 6.85. The molecule has 0 radical (unpaired) electrons. The van der Waals surface area contributed by atoms with Gasteiger partial charge in [0, 0.05) is 11.6 Å². The van der Waals surface area contributed by atoms with Gasteiger partial charge in [0.25, 0.3) is 5.91 Å². The van der Waals surface area contributed by atoms with Crippen LogP contribution in [0.2, 0.25) is 0 Å². The largest absolute Gasteiger partial charge is 0.457 e. The van der Waals surface area contributed by atoms with Crippen LogP contribution in [0.1, 0.15) is 50.4 Å². The average Bonchev–Trinajstić information content (AvgIpc) is 2.54. The number of hydrogen-bond acceptors (Lipinski definition) is 2. The fourth-order valence-electron chi connectivity index (χ4n) is 4.02. The lowest BCUT2D eigenvalue weighted by atomic mass is 9.70. The first-order valence-electron chi connectivity index (χ1n) is 9.05. The van der Waals surface area contributed by atoms with Crippen molar-refractivity contribution in [2.45, 2.75) is 46.1 Å². The maximum absolute atomic E-state index is 12.5. The van der Waals surface area contributed by atoms with Crippen molar-refractivity contribution in [2.24, 2.45) is 11.3 Å². The molecule has 25 heavy (non-hydrogen) atoms. The Kier molecular flexibility index (Phi) is 5.12. The van der Waals surface area contributed by atoms with Gasteiger partial charge in [-0.2, -0.15) is 0 Å². The van der Waals surface area contributed by atoms with E-state index in [-0.39, 0.29) is 11.9 Å². The first kappa shape index (κ1) is 17.5. The maximum Gasteiger partial charge on any atom is 0.251 e. The smallest absolute Gasteiger partial charge is 0.251 e. The molecule has 3 nitrogen and oxygen atoms in total. The summed E-state index contributed by atoms with van der Waals surface area (Å²) >= 11 is 0. The summed E-state index contributed by atoms with van der Waals surface area (Å²) in [4.78, 5) is 12.5. The quantitative estimate of drug-likeness (QED) is 0.808. The van der Waals surface area contributed by atoms with Crippen LogP contribution in [0.15, 0.2) is 54.6 Å². The minimum atomic E-state index is 0.00108.